The summed E-state index contributed by atoms with van der Waals surface area (Å²) in [5.74, 6) is -1.11. The number of aryl methyl sites for hydroxylation is 2. The summed E-state index contributed by atoms with van der Waals surface area (Å²) in [7, 11) is -1.12. The molecular weight excluding hydrogens is 871 g/mol. The Morgan fingerprint density at radius 2 is 1.66 bits per heavy atom. The number of aliphatic hydroxyl groups excluding tert-OH is 1. The van der Waals surface area contributed by atoms with Gasteiger partial charge in [-0.2, -0.15) is 4.98 Å². The quantitative estimate of drug-likeness (QED) is 0.0802. The van der Waals surface area contributed by atoms with Gasteiger partial charge in [0.15, 0.2) is 5.82 Å². The number of halogens is 3. The molecule has 2 aromatic heterocycles. The summed E-state index contributed by atoms with van der Waals surface area (Å²) in [6.07, 6.45) is 4.76. The van der Waals surface area contributed by atoms with Crippen LogP contribution in [-0.2, 0) is 28.6 Å². The smallest absolute Gasteiger partial charge is 0.229 e. The molecule has 3 saturated heterocycles. The fourth-order valence-corrected chi connectivity index (χ4v) is 11.3. The summed E-state index contributed by atoms with van der Waals surface area (Å²) >= 11 is 6.66. The zero-order chi connectivity index (χ0) is 46.0. The normalized spacial score (nSPS) is 19.1. The molecule has 5 heterocycles. The van der Waals surface area contributed by atoms with E-state index in [2.05, 4.69) is 61.6 Å². The topological polar surface area (TPSA) is 148 Å². The van der Waals surface area contributed by atoms with Crippen LogP contribution in [-0.4, -0.2) is 114 Å². The summed E-state index contributed by atoms with van der Waals surface area (Å²) in [5, 5.41) is 21.2. The summed E-state index contributed by atoms with van der Waals surface area (Å²) in [4.78, 5) is 33.0. The van der Waals surface area contributed by atoms with Crippen LogP contribution in [0.4, 0.5) is 37.6 Å². The molecule has 8 rings (SSSR count). The first-order chi connectivity index (χ1) is 31.2. The number of hydrogen-bond acceptors (Lipinski definition) is 12. The molecule has 5 aromatic rings. The highest BCUT2D eigenvalue weighted by Gasteiger charge is 2.33. The van der Waals surface area contributed by atoms with E-state index < -0.39 is 30.9 Å². The number of anilines is 5. The average Bonchev–Trinajstić information content (AvgIpc) is 3.29. The van der Waals surface area contributed by atoms with E-state index in [-0.39, 0.29) is 24.3 Å². The first-order valence-electron chi connectivity index (χ1n) is 22.6. The number of piperazine rings is 1. The molecule has 346 valence electrons. The van der Waals surface area contributed by atoms with Crippen molar-refractivity contribution in [1.29, 1.82) is 0 Å². The Balaban J connectivity index is 0.873. The Kier molecular flexibility index (Phi) is 14.3. The first kappa shape index (κ1) is 46.6. The maximum absolute atomic E-state index is 15.1. The number of pyridine rings is 1. The number of fused-ring (bicyclic) bond motifs is 1. The van der Waals surface area contributed by atoms with Crippen LogP contribution < -0.4 is 30.9 Å². The van der Waals surface area contributed by atoms with Crippen molar-refractivity contribution in [3.8, 4) is 5.75 Å². The third-order valence-corrected chi connectivity index (χ3v) is 15.0. The zero-order valence-corrected chi connectivity index (χ0v) is 39.4. The van der Waals surface area contributed by atoms with Gasteiger partial charge in [-0.1, -0.05) is 31.5 Å². The fraction of sp³-hybridized carbons (Fsp3) is 0.458. The van der Waals surface area contributed by atoms with Gasteiger partial charge in [0.25, 0.3) is 0 Å². The van der Waals surface area contributed by atoms with Gasteiger partial charge in [0.2, 0.25) is 11.9 Å². The summed E-state index contributed by atoms with van der Waals surface area (Å²) in [5.41, 5.74) is 5.88. The van der Waals surface area contributed by atoms with Crippen LogP contribution in [0.3, 0.4) is 0 Å². The number of aliphatic hydroxyl groups is 1. The van der Waals surface area contributed by atoms with Crippen molar-refractivity contribution in [2.45, 2.75) is 77.0 Å². The van der Waals surface area contributed by atoms with Gasteiger partial charge < -0.3 is 40.2 Å². The van der Waals surface area contributed by atoms with Gasteiger partial charge >= 0.3 is 0 Å². The number of aromatic nitrogens is 3. The summed E-state index contributed by atoms with van der Waals surface area (Å²) in [6.45, 7) is 13.9. The summed E-state index contributed by atoms with van der Waals surface area (Å²) < 4.78 is 49.9. The monoisotopic (exact) mass is 929 g/mol. The maximum Gasteiger partial charge on any atom is 0.229 e. The van der Waals surface area contributed by atoms with Gasteiger partial charge in [-0.05, 0) is 99.4 Å². The highest BCUT2D eigenvalue weighted by atomic mass is 35.5. The van der Waals surface area contributed by atoms with Crippen molar-refractivity contribution >= 4 is 69.7 Å². The van der Waals surface area contributed by atoms with Crippen molar-refractivity contribution < 1.29 is 28.0 Å². The molecule has 3 aromatic carbocycles. The molecule has 1 unspecified atom stereocenters. The zero-order valence-electron chi connectivity index (χ0n) is 37.8. The second-order valence-corrected chi connectivity index (χ2v) is 21.2. The Hall–Kier alpha value is -4.92. The number of methoxy groups -OCH3 is 1. The van der Waals surface area contributed by atoms with Crippen molar-refractivity contribution in [3.63, 3.8) is 0 Å². The van der Waals surface area contributed by atoms with E-state index in [1.165, 1.54) is 17.7 Å². The van der Waals surface area contributed by atoms with Gasteiger partial charge in [0.1, 0.15) is 35.8 Å². The van der Waals surface area contributed by atoms with Crippen LogP contribution in [0, 0.1) is 11.6 Å². The minimum atomic E-state index is -2.77. The molecule has 17 heteroatoms. The number of rotatable bonds is 14. The van der Waals surface area contributed by atoms with Crippen molar-refractivity contribution in [1.82, 2.24) is 30.1 Å². The van der Waals surface area contributed by atoms with Gasteiger partial charge in [-0.25, -0.2) is 13.8 Å². The Morgan fingerprint density at radius 3 is 2.32 bits per heavy atom. The van der Waals surface area contributed by atoms with E-state index in [4.69, 9.17) is 26.3 Å². The van der Waals surface area contributed by atoms with Crippen molar-refractivity contribution in [3.05, 3.63) is 93.8 Å². The van der Waals surface area contributed by atoms with Crippen LogP contribution in [0.25, 0.3) is 10.9 Å². The number of ether oxygens (including phenoxy) is 1. The van der Waals surface area contributed by atoms with Gasteiger partial charge in [0, 0.05) is 97.9 Å². The van der Waals surface area contributed by atoms with E-state index in [9.17, 15) is 14.5 Å². The molecule has 13 nitrogen and oxygen atoms in total. The lowest BCUT2D eigenvalue weighted by Gasteiger charge is -2.43. The lowest BCUT2D eigenvalue weighted by molar-refractivity contribution is -0.127. The molecule has 0 saturated carbocycles. The van der Waals surface area contributed by atoms with Crippen molar-refractivity contribution in [2.75, 3.05) is 81.8 Å². The maximum atomic E-state index is 15.1. The lowest BCUT2D eigenvalue weighted by atomic mass is 9.88. The Labute approximate surface area is 384 Å². The average molecular weight is 930 g/mol. The molecule has 0 spiro atoms. The van der Waals surface area contributed by atoms with E-state index in [0.29, 0.717) is 58.1 Å². The van der Waals surface area contributed by atoms with E-state index in [0.717, 1.165) is 92.9 Å². The number of carbonyl (C=O) groups excluding carboxylic acids is 1. The largest absolute Gasteiger partial charge is 0.494 e. The second-order valence-electron chi connectivity index (χ2n) is 17.7. The van der Waals surface area contributed by atoms with Crippen LogP contribution >= 0.6 is 18.7 Å². The predicted octanol–water partition coefficient (Wildman–Crippen LogP) is 7.97. The molecule has 4 N–H and O–H groups in total. The van der Waals surface area contributed by atoms with E-state index >= 15 is 8.78 Å². The minimum absolute atomic E-state index is 0.123. The van der Waals surface area contributed by atoms with Gasteiger partial charge in [0.05, 0.1) is 30.2 Å². The molecule has 65 heavy (non-hydrogen) atoms. The summed E-state index contributed by atoms with van der Waals surface area (Å²) in [6, 6.07) is 15.2. The predicted molar refractivity (Wildman–Crippen MR) is 256 cm³/mol. The molecule has 3 aliphatic rings. The number of benzene rings is 3. The number of hydrogen-bond donors (Lipinski definition) is 4. The standard InChI is InChI=1S/C48H59ClF2N9O4P/c1-6-30-26-40(55-48-52-28-35(49)46(57-48)54-39-12-11-38-33(45(39)65(4,5)63)9-8-31(7-2)53-38)42(64-3)27-41(30)60-18-15-32(16-19-60)59-22-20-58(21-23-59)17-14-29-24-36(50)44(37(51)25-29)34-10-13-43(61)56-47(34)62/h8-9,11-12,24-28,32,34,47,62H,6-7,10,13-23H2,1-5H3,(H,56,61)(H2,52,54,55,57)/t34-,47?/m1/s1. The third-order valence-electron chi connectivity index (χ3n) is 13.2. The molecule has 0 bridgehead atoms. The van der Waals surface area contributed by atoms with Crippen LogP contribution in [0.5, 0.6) is 5.75 Å². The lowest BCUT2D eigenvalue weighted by Crippen LogP contribution is -2.53. The number of carbonyl (C=O) groups is 1. The van der Waals surface area contributed by atoms with Crippen LogP contribution in [0.2, 0.25) is 5.02 Å². The third kappa shape index (κ3) is 10.4. The first-order valence-corrected chi connectivity index (χ1v) is 25.6. The van der Waals surface area contributed by atoms with E-state index in [1.54, 1.807) is 26.6 Å². The SMILES string of the molecule is CCc1ccc2c(P(C)(C)=O)c(Nc3nc(Nc4cc(CC)c(N5CCC(N6CCN(CCc7cc(F)c([C@H]8CCC(=O)NC8O)c(F)c7)CC6)CC5)cc4OC)ncc3Cl)ccc2n1. The molecule has 1 amide bonds. The Morgan fingerprint density at radius 1 is 0.923 bits per heavy atom. The van der Waals surface area contributed by atoms with Crippen molar-refractivity contribution in [2.24, 2.45) is 0 Å². The highest BCUT2D eigenvalue weighted by molar-refractivity contribution is 7.71. The minimum Gasteiger partial charge on any atom is -0.494 e. The van der Waals surface area contributed by atoms with Gasteiger partial charge in [-0.15, -0.1) is 0 Å². The molecule has 3 aliphatic heterocycles. The molecule has 0 aliphatic carbocycles. The number of nitrogens with one attached hydrogen (secondary N) is 3. The highest BCUT2D eigenvalue weighted by Crippen LogP contribution is 2.42. The van der Waals surface area contributed by atoms with Crippen LogP contribution in [0.15, 0.2) is 54.7 Å². The number of amides is 1. The number of piperidine rings is 2. The molecule has 0 radical (unpaired) electrons. The van der Waals surface area contributed by atoms with E-state index in [1.807, 2.05) is 24.3 Å². The Bertz CT molecular complexity index is 2580. The molecular formula is C48H59ClF2N9O4P. The molecule has 3 fully saturated rings. The van der Waals surface area contributed by atoms with Gasteiger partial charge in [-0.3, -0.25) is 14.7 Å². The van der Waals surface area contributed by atoms with Crippen LogP contribution in [0.1, 0.15) is 67.8 Å². The fourth-order valence-electron chi connectivity index (χ4n) is 9.66. The second kappa shape index (κ2) is 19.9. The number of nitrogens with zero attached hydrogens (tertiary/aromatic N) is 6. The molecule has 2 atom stereocenters.